The summed E-state index contributed by atoms with van der Waals surface area (Å²) in [5.74, 6) is -0.113. The van der Waals surface area contributed by atoms with Crippen LogP contribution in [0.4, 0.5) is 10.1 Å². The fourth-order valence-electron chi connectivity index (χ4n) is 3.14. The van der Waals surface area contributed by atoms with Crippen LogP contribution < -0.4 is 4.74 Å². The normalized spacial score (nSPS) is 10.6. The smallest absolute Gasteiger partial charge is 0.316 e. The third kappa shape index (κ3) is 4.48. The zero-order valence-corrected chi connectivity index (χ0v) is 16.2. The van der Waals surface area contributed by atoms with E-state index in [2.05, 4.69) is 0 Å². The van der Waals surface area contributed by atoms with Gasteiger partial charge in [-0.3, -0.25) is 4.79 Å². The first-order valence-electron chi connectivity index (χ1n) is 9.21. The van der Waals surface area contributed by atoms with Crippen molar-refractivity contribution in [3.05, 3.63) is 88.1 Å². The van der Waals surface area contributed by atoms with Gasteiger partial charge >= 0.3 is 5.69 Å². The molecule has 0 saturated carbocycles. The van der Waals surface area contributed by atoms with E-state index in [0.29, 0.717) is 41.0 Å². The van der Waals surface area contributed by atoms with E-state index in [1.54, 1.807) is 48.5 Å². The zero-order valence-electron chi connectivity index (χ0n) is 16.2. The Morgan fingerprint density at radius 3 is 2.45 bits per heavy atom. The predicted octanol–water partition coefficient (Wildman–Crippen LogP) is 5.48. The van der Waals surface area contributed by atoms with Gasteiger partial charge in [-0.2, -0.15) is 0 Å². The van der Waals surface area contributed by atoms with Gasteiger partial charge in [-0.25, -0.2) is 9.60 Å². The second kappa shape index (κ2) is 8.65. The molecule has 0 heterocycles. The molecule has 0 amide bonds. The molecule has 148 valence electrons. The van der Waals surface area contributed by atoms with Crippen molar-refractivity contribution in [2.24, 2.45) is 0 Å². The number of halogens is 1. The van der Waals surface area contributed by atoms with Crippen molar-refractivity contribution in [3.63, 3.8) is 0 Å². The van der Waals surface area contributed by atoms with Gasteiger partial charge in [0.2, 0.25) is 0 Å². The van der Waals surface area contributed by atoms with Crippen LogP contribution in [-0.2, 0) is 6.42 Å². The Morgan fingerprint density at radius 1 is 1.10 bits per heavy atom. The highest BCUT2D eigenvalue weighted by molar-refractivity contribution is 5.95. The molecule has 0 radical (unpaired) electrons. The molecule has 0 saturated heterocycles. The lowest BCUT2D eigenvalue weighted by Crippen LogP contribution is -2.02. The lowest BCUT2D eigenvalue weighted by atomic mass is 9.95. The highest BCUT2D eigenvalue weighted by atomic mass is 19.1. The fourth-order valence-corrected chi connectivity index (χ4v) is 3.14. The van der Waals surface area contributed by atoms with Crippen LogP contribution in [0.3, 0.4) is 0 Å². The van der Waals surface area contributed by atoms with Crippen molar-refractivity contribution in [2.75, 3.05) is 6.61 Å². The Balaban J connectivity index is 2.04. The van der Waals surface area contributed by atoms with Crippen LogP contribution in [0.1, 0.15) is 35.3 Å². The molecule has 6 heteroatoms. The monoisotopic (exact) mass is 394 g/mol. The molecule has 0 fully saturated rings. The van der Waals surface area contributed by atoms with Crippen LogP contribution in [0.5, 0.6) is 5.75 Å². The van der Waals surface area contributed by atoms with E-state index in [-0.39, 0.29) is 16.4 Å². The number of carbonyl (C=O) groups excluding carboxylic acids is 1. The molecule has 0 aromatic heterocycles. The Labute approximate surface area is 167 Å². The maximum Gasteiger partial charge on any atom is 0.316 e. The number of carbonyl (C=O) groups is 1. The highest BCUT2D eigenvalue weighted by Crippen LogP contribution is 2.36. The van der Waals surface area contributed by atoms with Crippen LogP contribution in [0.2, 0.25) is 0 Å². The van der Waals surface area contributed by atoms with Crippen LogP contribution in [0.15, 0.2) is 60.7 Å². The molecule has 3 aromatic carbocycles. The van der Waals surface area contributed by atoms with Gasteiger partial charge in [-0.1, -0.05) is 36.4 Å². The Kier molecular flexibility index (Phi) is 6.02. The summed E-state index contributed by atoms with van der Waals surface area (Å²) in [4.78, 5) is 22.4. The van der Waals surface area contributed by atoms with Gasteiger partial charge in [0, 0.05) is 24.1 Å². The van der Waals surface area contributed by atoms with Crippen molar-refractivity contribution in [3.8, 4) is 16.9 Å². The summed E-state index contributed by atoms with van der Waals surface area (Å²) in [6, 6.07) is 16.4. The number of ketones is 1. The van der Waals surface area contributed by atoms with Crippen molar-refractivity contribution in [1.82, 2.24) is 0 Å². The van der Waals surface area contributed by atoms with Gasteiger partial charge in [0.25, 0.3) is 4.92 Å². The third-order valence-corrected chi connectivity index (χ3v) is 4.59. The zero-order chi connectivity index (χ0) is 21.0. The number of benzene rings is 3. The van der Waals surface area contributed by atoms with Gasteiger partial charge in [0.15, 0.2) is 5.78 Å². The number of ether oxygens (including phenoxy) is 1. The molecule has 5 nitrogen and oxygen atoms in total. The van der Waals surface area contributed by atoms with E-state index in [1.165, 1.54) is 19.1 Å². The topological polar surface area (TPSA) is 66.6 Å². The first kappa shape index (κ1) is 20.2. The third-order valence-electron chi connectivity index (χ3n) is 4.59. The lowest BCUT2D eigenvalue weighted by Gasteiger charge is -2.15. The van der Waals surface area contributed by atoms with Gasteiger partial charge in [-0.05, 0) is 42.7 Å². The Bertz CT molecular complexity index is 1060. The van der Waals surface area contributed by atoms with Crippen LogP contribution in [0.25, 0.3) is 11.1 Å². The molecule has 0 unspecified atom stereocenters. The lowest BCUT2D eigenvalue weighted by molar-refractivity contribution is -0.729. The maximum absolute atomic E-state index is 15.5. The Morgan fingerprint density at radius 2 is 1.83 bits per heavy atom. The summed E-state index contributed by atoms with van der Waals surface area (Å²) >= 11 is 0. The molecular formula is C23H21FNO4+. The molecular weight excluding hydrogens is 373 g/mol. The van der Waals surface area contributed by atoms with E-state index in [0.717, 1.165) is 5.56 Å². The predicted molar refractivity (Wildman–Crippen MR) is 107 cm³/mol. The number of hydrogen-bond donors (Lipinski definition) is 1. The molecule has 0 aliphatic carbocycles. The van der Waals surface area contributed by atoms with Crippen LogP contribution in [0, 0.1) is 10.7 Å². The molecule has 3 aromatic rings. The molecule has 0 atom stereocenters. The summed E-state index contributed by atoms with van der Waals surface area (Å²) in [5, 5.41) is 8.93. The number of hydrogen-bond acceptors (Lipinski definition) is 3. The second-order valence-electron chi connectivity index (χ2n) is 6.60. The summed E-state index contributed by atoms with van der Waals surface area (Å²) in [6.07, 6.45) is 0.294. The van der Waals surface area contributed by atoms with E-state index < -0.39 is 5.82 Å². The van der Waals surface area contributed by atoms with Crippen molar-refractivity contribution in [2.45, 2.75) is 20.3 Å². The van der Waals surface area contributed by atoms with Gasteiger partial charge in [-0.15, -0.1) is 0 Å². The first-order valence-corrected chi connectivity index (χ1v) is 9.21. The maximum atomic E-state index is 15.5. The SMILES string of the molecule is CCOc1ccc(Cc2ccc([N+](=O)O)cc2)c(F)c1-c1cccc(C(C)=O)c1. The molecule has 0 aliphatic heterocycles. The number of Topliss-reactive ketones (excluding diaryl/α,β-unsaturated/α-hetero) is 1. The summed E-state index contributed by atoms with van der Waals surface area (Å²) in [6.45, 7) is 3.67. The summed E-state index contributed by atoms with van der Waals surface area (Å²) in [7, 11) is 0. The van der Waals surface area contributed by atoms with Gasteiger partial charge in [0.1, 0.15) is 11.6 Å². The van der Waals surface area contributed by atoms with Crippen molar-refractivity contribution in [1.29, 1.82) is 0 Å². The minimum Gasteiger partial charge on any atom is -0.493 e. The molecule has 0 aliphatic rings. The molecule has 3 rings (SSSR count). The molecule has 1 N–H and O–H groups in total. The van der Waals surface area contributed by atoms with Crippen molar-refractivity contribution >= 4 is 11.5 Å². The Hall–Kier alpha value is -3.54. The van der Waals surface area contributed by atoms with Crippen LogP contribution >= 0.6 is 0 Å². The summed E-state index contributed by atoms with van der Waals surface area (Å²) < 4.78 is 21.1. The fraction of sp³-hybridized carbons (Fsp3) is 0.174. The molecule has 0 bridgehead atoms. The van der Waals surface area contributed by atoms with E-state index >= 15 is 4.39 Å². The number of rotatable bonds is 7. The number of nitrogens with zero attached hydrogens (tertiary/aromatic N) is 1. The van der Waals surface area contributed by atoms with E-state index in [1.807, 2.05) is 6.92 Å². The van der Waals surface area contributed by atoms with Crippen molar-refractivity contribution < 1.29 is 24.1 Å². The minimum absolute atomic E-state index is 0.0993. The second-order valence-corrected chi connectivity index (χ2v) is 6.60. The first-order chi connectivity index (χ1) is 13.9. The van der Waals surface area contributed by atoms with Gasteiger partial charge < -0.3 is 4.74 Å². The highest BCUT2D eigenvalue weighted by Gasteiger charge is 2.18. The standard InChI is InChI=1S/C23H21FNO4/c1-3-29-21-12-9-19(13-16-7-10-20(11-8-16)25(27)28)23(24)22(21)18-6-4-5-17(14-18)15(2)26/h4-12,14H,3,13H2,1-2H3,(H,27,28)/q+1. The van der Waals surface area contributed by atoms with E-state index in [9.17, 15) is 9.70 Å². The average molecular weight is 394 g/mol. The van der Waals surface area contributed by atoms with Crippen LogP contribution in [-0.4, -0.2) is 22.5 Å². The minimum atomic E-state index is -0.423. The quantitative estimate of drug-likeness (QED) is 0.425. The molecule has 0 spiro atoms. The average Bonchev–Trinajstić information content (AvgIpc) is 2.71. The van der Waals surface area contributed by atoms with E-state index in [4.69, 9.17) is 9.94 Å². The van der Waals surface area contributed by atoms with Gasteiger partial charge in [0.05, 0.1) is 17.1 Å². The largest absolute Gasteiger partial charge is 0.493 e. The summed E-state index contributed by atoms with van der Waals surface area (Å²) in [5.41, 5.74) is 2.71. The molecule has 29 heavy (non-hydrogen) atoms.